The molecular formula is C16H24N4O. The summed E-state index contributed by atoms with van der Waals surface area (Å²) in [7, 11) is 0. The Balaban J connectivity index is 1.70. The first-order chi connectivity index (χ1) is 10.2. The number of nitrogens with zero attached hydrogens (tertiary/aromatic N) is 2. The molecule has 3 aliphatic carbocycles. The molecule has 1 heterocycles. The number of rotatable bonds is 2. The maximum Gasteiger partial charge on any atom is 0.223 e. The highest BCUT2D eigenvalue weighted by Gasteiger charge is 2.42. The molecule has 114 valence electrons. The molecule has 4 rings (SSSR count). The molecule has 2 fully saturated rings. The third-order valence-corrected chi connectivity index (χ3v) is 5.54. The normalized spacial score (nSPS) is 30.0. The van der Waals surface area contributed by atoms with E-state index in [4.69, 9.17) is 16.2 Å². The van der Waals surface area contributed by atoms with E-state index in [1.54, 1.807) is 0 Å². The number of ether oxygens (including phenoxy) is 1. The Morgan fingerprint density at radius 2 is 1.76 bits per heavy atom. The smallest absolute Gasteiger partial charge is 0.223 e. The molecule has 4 N–H and O–H groups in total. The van der Waals surface area contributed by atoms with Crippen molar-refractivity contribution in [3.8, 4) is 5.88 Å². The highest BCUT2D eigenvalue weighted by molar-refractivity contribution is 5.42. The summed E-state index contributed by atoms with van der Waals surface area (Å²) in [6, 6.07) is 0.284. The van der Waals surface area contributed by atoms with Gasteiger partial charge in [-0.2, -0.15) is 4.98 Å². The Labute approximate surface area is 125 Å². The lowest BCUT2D eigenvalue weighted by atomic mass is 9.72. The van der Waals surface area contributed by atoms with Gasteiger partial charge in [0.1, 0.15) is 6.10 Å². The van der Waals surface area contributed by atoms with Crippen LogP contribution < -0.4 is 16.2 Å². The van der Waals surface area contributed by atoms with Gasteiger partial charge in [0.25, 0.3) is 0 Å². The molecule has 0 amide bonds. The fourth-order valence-electron chi connectivity index (χ4n) is 4.36. The zero-order valence-corrected chi connectivity index (χ0v) is 12.5. The molecule has 0 aliphatic heterocycles. The molecule has 3 aliphatic rings. The van der Waals surface area contributed by atoms with Gasteiger partial charge in [-0.25, -0.2) is 4.98 Å². The van der Waals surface area contributed by atoms with Crippen molar-refractivity contribution in [1.82, 2.24) is 9.97 Å². The van der Waals surface area contributed by atoms with Crippen LogP contribution in [0.15, 0.2) is 0 Å². The zero-order valence-electron chi connectivity index (χ0n) is 12.5. The van der Waals surface area contributed by atoms with Crippen molar-refractivity contribution < 1.29 is 4.74 Å². The minimum absolute atomic E-state index is 0.208. The third kappa shape index (κ3) is 2.18. The predicted octanol–water partition coefficient (Wildman–Crippen LogP) is 2.08. The average molecular weight is 288 g/mol. The Hall–Kier alpha value is -1.36. The lowest BCUT2D eigenvalue weighted by Gasteiger charge is -2.37. The van der Waals surface area contributed by atoms with E-state index >= 15 is 0 Å². The minimum Gasteiger partial charge on any atom is -0.474 e. The molecule has 1 aromatic heterocycles. The summed E-state index contributed by atoms with van der Waals surface area (Å²) in [5, 5.41) is 0. The van der Waals surface area contributed by atoms with E-state index < -0.39 is 0 Å². The topological polar surface area (TPSA) is 87.0 Å². The van der Waals surface area contributed by atoms with Crippen LogP contribution in [0.4, 0.5) is 5.95 Å². The van der Waals surface area contributed by atoms with Crippen molar-refractivity contribution in [2.45, 2.75) is 75.3 Å². The first kappa shape index (κ1) is 13.3. The summed E-state index contributed by atoms with van der Waals surface area (Å²) in [6.07, 6.45) is 10.6. The summed E-state index contributed by atoms with van der Waals surface area (Å²) < 4.78 is 6.09. The zero-order chi connectivity index (χ0) is 14.4. The van der Waals surface area contributed by atoms with E-state index in [0.29, 0.717) is 5.95 Å². The Bertz CT molecular complexity index is 547. The van der Waals surface area contributed by atoms with Crippen LogP contribution in [0.25, 0.3) is 0 Å². The number of hydrogen-bond acceptors (Lipinski definition) is 5. The van der Waals surface area contributed by atoms with Crippen LogP contribution in [0.2, 0.25) is 0 Å². The van der Waals surface area contributed by atoms with Gasteiger partial charge < -0.3 is 16.2 Å². The van der Waals surface area contributed by atoms with E-state index in [1.165, 1.54) is 49.8 Å². The molecule has 5 nitrogen and oxygen atoms in total. The molecule has 1 spiro atoms. The number of nitrogens with two attached hydrogens (primary N) is 2. The molecule has 2 saturated carbocycles. The average Bonchev–Trinajstić information content (AvgIpc) is 2.88. The van der Waals surface area contributed by atoms with Gasteiger partial charge in [0, 0.05) is 17.0 Å². The molecule has 1 aromatic rings. The number of aromatic nitrogens is 2. The second kappa shape index (κ2) is 4.83. The summed E-state index contributed by atoms with van der Waals surface area (Å²) in [4.78, 5) is 9.03. The predicted molar refractivity (Wildman–Crippen MR) is 81.2 cm³/mol. The molecule has 0 unspecified atom stereocenters. The van der Waals surface area contributed by atoms with Crippen LogP contribution in [-0.2, 0) is 11.8 Å². The van der Waals surface area contributed by atoms with Crippen LogP contribution in [0.1, 0.15) is 62.6 Å². The van der Waals surface area contributed by atoms with E-state index in [1.807, 2.05) is 0 Å². The van der Waals surface area contributed by atoms with Crippen molar-refractivity contribution in [2.75, 3.05) is 5.73 Å². The Morgan fingerprint density at radius 1 is 1.05 bits per heavy atom. The second-order valence-corrected chi connectivity index (χ2v) is 7.03. The molecular weight excluding hydrogens is 264 g/mol. The van der Waals surface area contributed by atoms with Gasteiger partial charge in [-0.05, 0) is 44.9 Å². The van der Waals surface area contributed by atoms with Crippen molar-refractivity contribution in [3.05, 3.63) is 11.3 Å². The fourth-order valence-corrected chi connectivity index (χ4v) is 4.36. The maximum atomic E-state index is 6.09. The van der Waals surface area contributed by atoms with Crippen LogP contribution in [0.3, 0.4) is 0 Å². The summed E-state index contributed by atoms with van der Waals surface area (Å²) in [5.74, 6) is 1.10. The van der Waals surface area contributed by atoms with E-state index in [2.05, 4.69) is 9.97 Å². The Kier molecular flexibility index (Phi) is 3.06. The number of fused-ring (bicyclic) bond motifs is 2. The van der Waals surface area contributed by atoms with Crippen molar-refractivity contribution in [3.63, 3.8) is 0 Å². The van der Waals surface area contributed by atoms with Gasteiger partial charge >= 0.3 is 0 Å². The number of nitrogen functional groups attached to an aromatic ring is 1. The van der Waals surface area contributed by atoms with E-state index in [9.17, 15) is 0 Å². The molecule has 0 radical (unpaired) electrons. The van der Waals surface area contributed by atoms with Gasteiger partial charge in [0.05, 0.1) is 5.69 Å². The molecule has 0 atom stereocenters. The van der Waals surface area contributed by atoms with Gasteiger partial charge in [0.2, 0.25) is 11.8 Å². The molecule has 21 heavy (non-hydrogen) atoms. The van der Waals surface area contributed by atoms with E-state index in [-0.39, 0.29) is 17.6 Å². The highest BCUT2D eigenvalue weighted by Crippen LogP contribution is 2.49. The van der Waals surface area contributed by atoms with Crippen molar-refractivity contribution >= 4 is 5.95 Å². The van der Waals surface area contributed by atoms with Crippen molar-refractivity contribution in [1.29, 1.82) is 0 Å². The van der Waals surface area contributed by atoms with Crippen LogP contribution in [0, 0.1) is 0 Å². The SMILES string of the molecule is Nc1nc(O[C@H]2C[C@H](N)C2)c2c(n1)C1(CCCC1)CCC2. The Morgan fingerprint density at radius 3 is 2.48 bits per heavy atom. The fraction of sp³-hybridized carbons (Fsp3) is 0.750. The maximum absolute atomic E-state index is 6.09. The standard InChI is InChI=1S/C16H24N4O/c17-10-8-11(9-10)21-14-12-4-3-7-16(5-1-2-6-16)13(12)19-15(18)20-14/h10-11H,1-9,17H2,(H2,18,19,20)/t10-,11-. The lowest BCUT2D eigenvalue weighted by Crippen LogP contribution is -2.43. The molecule has 0 aromatic carbocycles. The minimum atomic E-state index is 0.208. The molecule has 0 bridgehead atoms. The van der Waals surface area contributed by atoms with Crippen LogP contribution in [-0.4, -0.2) is 22.1 Å². The molecule has 5 heteroatoms. The van der Waals surface area contributed by atoms with Gasteiger partial charge in [-0.3, -0.25) is 0 Å². The van der Waals surface area contributed by atoms with E-state index in [0.717, 1.165) is 25.1 Å². The number of anilines is 1. The highest BCUT2D eigenvalue weighted by atomic mass is 16.5. The summed E-state index contributed by atoms with van der Waals surface area (Å²) >= 11 is 0. The van der Waals surface area contributed by atoms with Crippen LogP contribution in [0.5, 0.6) is 5.88 Å². The summed E-state index contributed by atoms with van der Waals surface area (Å²) in [5.41, 5.74) is 14.5. The van der Waals surface area contributed by atoms with Gasteiger partial charge in [0.15, 0.2) is 0 Å². The first-order valence-corrected chi connectivity index (χ1v) is 8.25. The largest absolute Gasteiger partial charge is 0.474 e. The van der Waals surface area contributed by atoms with Crippen molar-refractivity contribution in [2.24, 2.45) is 5.73 Å². The third-order valence-electron chi connectivity index (χ3n) is 5.54. The summed E-state index contributed by atoms with van der Waals surface area (Å²) in [6.45, 7) is 0. The quantitative estimate of drug-likeness (QED) is 0.870. The monoisotopic (exact) mass is 288 g/mol. The van der Waals surface area contributed by atoms with Gasteiger partial charge in [-0.1, -0.05) is 12.8 Å². The molecule has 0 saturated heterocycles. The van der Waals surface area contributed by atoms with Crippen LogP contribution >= 0.6 is 0 Å². The lowest BCUT2D eigenvalue weighted by molar-refractivity contribution is 0.0937. The first-order valence-electron chi connectivity index (χ1n) is 8.25. The second-order valence-electron chi connectivity index (χ2n) is 7.03. The number of hydrogen-bond donors (Lipinski definition) is 2. The van der Waals surface area contributed by atoms with Gasteiger partial charge in [-0.15, -0.1) is 0 Å².